The number of H-pyrrole nitrogens is 1. The van der Waals surface area contributed by atoms with Crippen molar-refractivity contribution in [2.45, 2.75) is 18.8 Å². The van der Waals surface area contributed by atoms with Gasteiger partial charge in [0.2, 0.25) is 0 Å². The Kier molecular flexibility index (Phi) is 3.45. The third-order valence-corrected chi connectivity index (χ3v) is 2.39. The lowest BCUT2D eigenvalue weighted by molar-refractivity contribution is -0.142. The number of aromatic amines is 1. The number of halogens is 6. The van der Waals surface area contributed by atoms with Gasteiger partial charge < -0.3 is 0 Å². The van der Waals surface area contributed by atoms with Crippen molar-refractivity contribution >= 4 is 0 Å². The number of pyridine rings is 1. The zero-order valence-corrected chi connectivity index (χ0v) is 9.68. The third kappa shape index (κ3) is 3.28. The van der Waals surface area contributed by atoms with E-state index in [4.69, 9.17) is 0 Å². The van der Waals surface area contributed by atoms with Crippen molar-refractivity contribution in [3.63, 3.8) is 0 Å². The summed E-state index contributed by atoms with van der Waals surface area (Å²) >= 11 is 0. The van der Waals surface area contributed by atoms with Crippen LogP contribution in [0, 0.1) is 0 Å². The number of nitrogens with one attached hydrogen (secondary N) is 1. The van der Waals surface area contributed by atoms with Crippen molar-refractivity contribution in [2.24, 2.45) is 0 Å². The lowest BCUT2D eigenvalue weighted by Crippen LogP contribution is -2.09. The molecule has 3 nitrogen and oxygen atoms in total. The molecule has 9 heteroatoms. The number of hydrogen-bond donors (Lipinski definition) is 1. The van der Waals surface area contributed by atoms with E-state index in [1.807, 2.05) is 0 Å². The topological polar surface area (TPSA) is 41.6 Å². The summed E-state index contributed by atoms with van der Waals surface area (Å²) in [6, 6.07) is 3.97. The van der Waals surface area contributed by atoms with E-state index >= 15 is 0 Å². The molecule has 1 N–H and O–H groups in total. The Hall–Kier alpha value is -2.06. The minimum Gasteiger partial charge on any atom is -0.282 e. The van der Waals surface area contributed by atoms with E-state index in [-0.39, 0.29) is 17.8 Å². The minimum absolute atomic E-state index is 0.00259. The van der Waals surface area contributed by atoms with Crippen LogP contribution in [-0.2, 0) is 18.8 Å². The Morgan fingerprint density at radius 3 is 2.15 bits per heavy atom. The highest BCUT2D eigenvalue weighted by Crippen LogP contribution is 2.29. The normalized spacial score (nSPS) is 12.7. The predicted molar refractivity (Wildman–Crippen MR) is 55.6 cm³/mol. The average Bonchev–Trinajstić information content (AvgIpc) is 2.76. The number of hydrogen-bond acceptors (Lipinski definition) is 2. The van der Waals surface area contributed by atoms with E-state index in [1.165, 1.54) is 6.07 Å². The number of alkyl halides is 6. The molecule has 20 heavy (non-hydrogen) atoms. The quantitative estimate of drug-likeness (QED) is 0.862. The van der Waals surface area contributed by atoms with Crippen LogP contribution in [0.4, 0.5) is 26.3 Å². The standard InChI is InChI=1S/C11H7F6N3/c12-10(13,14)8-3-1-2-6(18-8)4-7-5-9(20-19-7)11(15,16)17/h1-3,5H,4H2,(H,19,20). The average molecular weight is 295 g/mol. The summed E-state index contributed by atoms with van der Waals surface area (Å²) in [6.07, 6.45) is -9.40. The van der Waals surface area contributed by atoms with E-state index in [1.54, 1.807) is 0 Å². The summed E-state index contributed by atoms with van der Waals surface area (Å²) in [4.78, 5) is 3.36. The molecule has 2 aromatic rings. The Labute approximate surface area is 108 Å². The largest absolute Gasteiger partial charge is 0.435 e. The molecule has 0 bridgehead atoms. The van der Waals surface area contributed by atoms with E-state index in [2.05, 4.69) is 15.2 Å². The van der Waals surface area contributed by atoms with Gasteiger partial charge in [0, 0.05) is 17.8 Å². The van der Waals surface area contributed by atoms with Gasteiger partial charge in [-0.2, -0.15) is 31.4 Å². The summed E-state index contributed by atoms with van der Waals surface area (Å²) < 4.78 is 74.2. The molecule has 0 spiro atoms. The maximum Gasteiger partial charge on any atom is 0.435 e. The molecule has 2 heterocycles. The van der Waals surface area contributed by atoms with Crippen LogP contribution in [0.15, 0.2) is 24.3 Å². The number of rotatable bonds is 2. The maximum absolute atomic E-state index is 12.4. The summed E-state index contributed by atoms with van der Waals surface area (Å²) in [5, 5.41) is 5.18. The molecule has 0 fully saturated rings. The molecule has 0 aromatic carbocycles. The third-order valence-electron chi connectivity index (χ3n) is 2.39. The first kappa shape index (κ1) is 14.4. The van der Waals surface area contributed by atoms with Crippen molar-refractivity contribution in [2.75, 3.05) is 0 Å². The molecule has 108 valence electrons. The van der Waals surface area contributed by atoms with Crippen molar-refractivity contribution in [1.82, 2.24) is 15.2 Å². The molecule has 2 aromatic heterocycles. The summed E-state index contributed by atoms with van der Waals surface area (Å²) in [5.74, 6) is 0. The highest BCUT2D eigenvalue weighted by molar-refractivity contribution is 5.20. The Morgan fingerprint density at radius 1 is 0.950 bits per heavy atom. The zero-order chi connectivity index (χ0) is 15.0. The lowest BCUT2D eigenvalue weighted by Gasteiger charge is -2.06. The van der Waals surface area contributed by atoms with Crippen LogP contribution in [0.3, 0.4) is 0 Å². The SMILES string of the molecule is FC(F)(F)c1cc(Cc2cccc(C(F)(F)F)n2)[nH]n1. The van der Waals surface area contributed by atoms with Gasteiger partial charge in [0.05, 0.1) is 0 Å². The van der Waals surface area contributed by atoms with E-state index in [0.717, 1.165) is 18.2 Å². The fourth-order valence-corrected chi connectivity index (χ4v) is 1.53. The van der Waals surface area contributed by atoms with Crippen LogP contribution in [0.25, 0.3) is 0 Å². The van der Waals surface area contributed by atoms with Gasteiger partial charge in [-0.15, -0.1) is 0 Å². The molecule has 0 saturated heterocycles. The molecular weight excluding hydrogens is 288 g/mol. The van der Waals surface area contributed by atoms with Gasteiger partial charge in [-0.25, -0.2) is 4.98 Å². The van der Waals surface area contributed by atoms with Crippen molar-refractivity contribution in [3.05, 3.63) is 47.0 Å². The second kappa shape index (κ2) is 4.80. The van der Waals surface area contributed by atoms with Crippen LogP contribution in [-0.4, -0.2) is 15.2 Å². The second-order valence-corrected chi connectivity index (χ2v) is 3.96. The van der Waals surface area contributed by atoms with Crippen molar-refractivity contribution in [1.29, 1.82) is 0 Å². The molecule has 0 aliphatic rings. The molecule has 0 atom stereocenters. The van der Waals surface area contributed by atoms with Gasteiger partial charge in [-0.3, -0.25) is 5.10 Å². The fraction of sp³-hybridized carbons (Fsp3) is 0.273. The molecule has 0 amide bonds. The van der Waals surface area contributed by atoms with Crippen LogP contribution in [0.1, 0.15) is 22.8 Å². The molecular formula is C11H7F6N3. The van der Waals surface area contributed by atoms with E-state index in [0.29, 0.717) is 0 Å². The van der Waals surface area contributed by atoms with E-state index < -0.39 is 23.7 Å². The van der Waals surface area contributed by atoms with Gasteiger partial charge >= 0.3 is 12.4 Å². The molecule has 0 radical (unpaired) electrons. The summed E-state index contributed by atoms with van der Waals surface area (Å²) in [5.41, 5.74) is -2.19. The first-order valence-electron chi connectivity index (χ1n) is 5.31. The Morgan fingerprint density at radius 2 is 1.60 bits per heavy atom. The van der Waals surface area contributed by atoms with Gasteiger partial charge in [-0.1, -0.05) is 6.07 Å². The maximum atomic E-state index is 12.4. The summed E-state index contributed by atoms with van der Waals surface area (Å²) in [7, 11) is 0. The molecule has 2 rings (SSSR count). The molecule has 0 aliphatic carbocycles. The van der Waals surface area contributed by atoms with Crippen LogP contribution < -0.4 is 0 Å². The summed E-state index contributed by atoms with van der Waals surface area (Å²) in [6.45, 7) is 0. The lowest BCUT2D eigenvalue weighted by atomic mass is 10.2. The first-order valence-corrected chi connectivity index (χ1v) is 5.31. The highest BCUT2D eigenvalue weighted by Gasteiger charge is 2.34. The minimum atomic E-state index is -4.60. The molecule has 0 aliphatic heterocycles. The predicted octanol–water partition coefficient (Wildman–Crippen LogP) is 3.43. The fourth-order valence-electron chi connectivity index (χ4n) is 1.53. The molecule has 0 saturated carbocycles. The first-order chi connectivity index (χ1) is 9.16. The zero-order valence-electron chi connectivity index (χ0n) is 9.68. The second-order valence-electron chi connectivity index (χ2n) is 3.96. The number of nitrogens with zero attached hydrogens (tertiary/aromatic N) is 2. The Bertz CT molecular complexity index is 599. The monoisotopic (exact) mass is 295 g/mol. The van der Waals surface area contributed by atoms with Gasteiger partial charge in [0.15, 0.2) is 5.69 Å². The van der Waals surface area contributed by atoms with Crippen molar-refractivity contribution < 1.29 is 26.3 Å². The van der Waals surface area contributed by atoms with Crippen LogP contribution in [0.2, 0.25) is 0 Å². The van der Waals surface area contributed by atoms with Crippen molar-refractivity contribution in [3.8, 4) is 0 Å². The van der Waals surface area contributed by atoms with Crippen LogP contribution >= 0.6 is 0 Å². The smallest absolute Gasteiger partial charge is 0.282 e. The van der Waals surface area contributed by atoms with Gasteiger partial charge in [0.1, 0.15) is 5.69 Å². The molecule has 0 unspecified atom stereocenters. The van der Waals surface area contributed by atoms with Gasteiger partial charge in [-0.05, 0) is 18.2 Å². The van der Waals surface area contributed by atoms with Crippen LogP contribution in [0.5, 0.6) is 0 Å². The number of aromatic nitrogens is 3. The van der Waals surface area contributed by atoms with E-state index in [9.17, 15) is 26.3 Å². The Balaban J connectivity index is 2.20. The highest BCUT2D eigenvalue weighted by atomic mass is 19.4. The van der Waals surface area contributed by atoms with Gasteiger partial charge in [0.25, 0.3) is 0 Å².